The molecule has 0 aromatic carbocycles. The van der Waals surface area contributed by atoms with E-state index in [9.17, 15) is 14.4 Å². The predicted molar refractivity (Wildman–Crippen MR) is 348 cm³/mol. The first-order chi connectivity index (χ1) is 39.5. The average molecular weight is 1110 g/mol. The maximum atomic E-state index is 12.9. The number of hydrogen-bond acceptors (Lipinski definition) is 6. The molecule has 0 saturated carbocycles. The summed E-state index contributed by atoms with van der Waals surface area (Å²) in [5, 5.41) is 0. The van der Waals surface area contributed by atoms with Crippen LogP contribution in [0.1, 0.15) is 297 Å². The normalized spacial score (nSPS) is 13.0. The third-order valence-electron chi connectivity index (χ3n) is 13.9. The third-order valence-corrected chi connectivity index (χ3v) is 13.9. The van der Waals surface area contributed by atoms with Crippen LogP contribution in [0.4, 0.5) is 0 Å². The first kappa shape index (κ1) is 75.5. The quantitative estimate of drug-likeness (QED) is 0.0261. The molecule has 1 atom stereocenters. The summed E-state index contributed by atoms with van der Waals surface area (Å²) < 4.78 is 16.9. The van der Waals surface area contributed by atoms with Crippen molar-refractivity contribution in [3.05, 3.63) is 134 Å². The fourth-order valence-electron chi connectivity index (χ4n) is 8.89. The van der Waals surface area contributed by atoms with E-state index in [-0.39, 0.29) is 31.1 Å². The van der Waals surface area contributed by atoms with Crippen LogP contribution in [0.25, 0.3) is 0 Å². The molecule has 1 unspecified atom stereocenters. The van der Waals surface area contributed by atoms with E-state index in [1.165, 1.54) is 122 Å². The number of unbranched alkanes of at least 4 members (excludes halogenated alkanes) is 26. The highest BCUT2D eigenvalue weighted by Crippen LogP contribution is 2.15. The van der Waals surface area contributed by atoms with Crippen molar-refractivity contribution >= 4 is 17.9 Å². The van der Waals surface area contributed by atoms with Crippen molar-refractivity contribution in [3.63, 3.8) is 0 Å². The van der Waals surface area contributed by atoms with Gasteiger partial charge in [-0.3, -0.25) is 14.4 Å². The van der Waals surface area contributed by atoms with Gasteiger partial charge < -0.3 is 14.2 Å². The number of carbonyl (C=O) groups is 3. The van der Waals surface area contributed by atoms with Gasteiger partial charge in [0, 0.05) is 19.3 Å². The van der Waals surface area contributed by atoms with E-state index in [1.54, 1.807) is 0 Å². The lowest BCUT2D eigenvalue weighted by atomic mass is 10.1. The smallest absolute Gasteiger partial charge is 0.306 e. The molecule has 454 valence electrons. The van der Waals surface area contributed by atoms with Crippen molar-refractivity contribution in [1.82, 2.24) is 0 Å². The van der Waals surface area contributed by atoms with Crippen LogP contribution < -0.4 is 0 Å². The second-order valence-electron chi connectivity index (χ2n) is 21.6. The Hall–Kier alpha value is -4.45. The molecule has 80 heavy (non-hydrogen) atoms. The number of hydrogen-bond donors (Lipinski definition) is 0. The summed E-state index contributed by atoms with van der Waals surface area (Å²) in [5.74, 6) is -0.912. The highest BCUT2D eigenvalue weighted by molar-refractivity contribution is 5.71. The van der Waals surface area contributed by atoms with Crippen LogP contribution in [0.15, 0.2) is 134 Å². The first-order valence-corrected chi connectivity index (χ1v) is 33.2. The summed E-state index contributed by atoms with van der Waals surface area (Å²) >= 11 is 0. The minimum absolute atomic E-state index is 0.0900. The lowest BCUT2D eigenvalue weighted by Crippen LogP contribution is -2.30. The Bertz CT molecular complexity index is 1700. The van der Waals surface area contributed by atoms with E-state index in [0.29, 0.717) is 19.3 Å². The standard InChI is InChI=1S/C74H122O6/c1-4-7-10-13-16-19-22-25-27-29-30-31-32-33-34-35-36-37-38-39-40-41-42-43-44-46-47-49-52-55-58-61-64-67-73(76)79-70-71(69-78-72(75)66-63-60-57-54-51-24-21-18-15-12-9-6-3)80-74(77)68-65-62-59-56-53-50-48-45-28-26-23-20-17-14-11-8-5-2/h7,10,16-21,25-28,30-31,33-34,36-37,39-40,42-43,71H,4-6,8-9,11-15,22-24,29,32,35,38,41,44-70H2,1-3H3/b10-7-,19-16-,20-17-,21-18-,27-25-,28-26-,31-30-,34-33-,37-36-,40-39-,43-42-. The second kappa shape index (κ2) is 67.1. The molecule has 0 aliphatic rings. The Kier molecular flexibility index (Phi) is 63.3. The topological polar surface area (TPSA) is 78.9 Å². The molecular formula is C74H122O6. The van der Waals surface area contributed by atoms with Gasteiger partial charge in [0.15, 0.2) is 6.10 Å². The SMILES string of the molecule is CC/C=C\C/C=C\C/C=C\C/C=C\C/C=C\C/C=C\C/C=C\C/C=C\CCCCCCCCCCC(=O)OCC(COC(=O)CCCCCCC/C=C\CCCCC)OC(=O)CCCCCCCCC/C=C\C/C=C\CCCCC. The van der Waals surface area contributed by atoms with Crippen molar-refractivity contribution in [2.24, 2.45) is 0 Å². The molecule has 0 rings (SSSR count). The molecule has 0 N–H and O–H groups in total. The Balaban J connectivity index is 4.28. The summed E-state index contributed by atoms with van der Waals surface area (Å²) in [6.45, 7) is 6.46. The van der Waals surface area contributed by atoms with Crippen LogP contribution in [0, 0.1) is 0 Å². The van der Waals surface area contributed by atoms with E-state index in [0.717, 1.165) is 135 Å². The molecular weight excluding hydrogens is 985 g/mol. The molecule has 0 radical (unpaired) electrons. The Labute approximate surface area is 494 Å². The second-order valence-corrected chi connectivity index (χ2v) is 21.6. The summed E-state index contributed by atoms with van der Waals surface area (Å²) in [6.07, 6.45) is 94.6. The molecule has 0 amide bonds. The third kappa shape index (κ3) is 64.4. The lowest BCUT2D eigenvalue weighted by molar-refractivity contribution is -0.167. The minimum Gasteiger partial charge on any atom is -0.462 e. The zero-order valence-electron chi connectivity index (χ0n) is 52.0. The average Bonchev–Trinajstić information content (AvgIpc) is 3.46. The molecule has 6 nitrogen and oxygen atoms in total. The van der Waals surface area contributed by atoms with Crippen molar-refractivity contribution < 1.29 is 28.6 Å². The van der Waals surface area contributed by atoms with Crippen molar-refractivity contribution in [3.8, 4) is 0 Å². The monoisotopic (exact) mass is 1110 g/mol. The minimum atomic E-state index is -0.793. The molecule has 0 spiro atoms. The van der Waals surface area contributed by atoms with Crippen molar-refractivity contribution in [2.45, 2.75) is 303 Å². The van der Waals surface area contributed by atoms with Crippen LogP contribution in [0.2, 0.25) is 0 Å². The fraction of sp³-hybridized carbons (Fsp3) is 0.662. The summed E-state index contributed by atoms with van der Waals surface area (Å²) in [4.78, 5) is 38.3. The number of carbonyl (C=O) groups excluding carboxylic acids is 3. The van der Waals surface area contributed by atoms with Gasteiger partial charge in [0.2, 0.25) is 0 Å². The van der Waals surface area contributed by atoms with Gasteiger partial charge in [0.1, 0.15) is 13.2 Å². The Morgan fingerprint density at radius 3 is 0.775 bits per heavy atom. The zero-order chi connectivity index (χ0) is 57.8. The van der Waals surface area contributed by atoms with Crippen LogP contribution in [-0.4, -0.2) is 37.2 Å². The van der Waals surface area contributed by atoms with Gasteiger partial charge >= 0.3 is 17.9 Å². The van der Waals surface area contributed by atoms with Gasteiger partial charge in [-0.2, -0.15) is 0 Å². The predicted octanol–water partition coefficient (Wildman–Crippen LogP) is 22.9. The Morgan fingerprint density at radius 2 is 0.487 bits per heavy atom. The first-order valence-electron chi connectivity index (χ1n) is 33.2. The maximum absolute atomic E-state index is 12.9. The molecule has 0 aliphatic heterocycles. The highest BCUT2D eigenvalue weighted by atomic mass is 16.6. The summed E-state index contributed by atoms with van der Waals surface area (Å²) in [7, 11) is 0. The number of esters is 3. The number of rotatable bonds is 59. The van der Waals surface area contributed by atoms with E-state index < -0.39 is 6.10 Å². The van der Waals surface area contributed by atoms with E-state index in [2.05, 4.69) is 154 Å². The molecule has 0 bridgehead atoms. The number of allylic oxidation sites excluding steroid dienone is 22. The van der Waals surface area contributed by atoms with E-state index in [4.69, 9.17) is 14.2 Å². The molecule has 0 aliphatic carbocycles. The highest BCUT2D eigenvalue weighted by Gasteiger charge is 2.19. The fourth-order valence-corrected chi connectivity index (χ4v) is 8.89. The van der Waals surface area contributed by atoms with Crippen molar-refractivity contribution in [2.75, 3.05) is 13.2 Å². The summed E-state index contributed by atoms with van der Waals surface area (Å²) in [6, 6.07) is 0. The van der Waals surface area contributed by atoms with Crippen LogP contribution in [0.3, 0.4) is 0 Å². The van der Waals surface area contributed by atoms with E-state index in [1.807, 2.05) is 0 Å². The van der Waals surface area contributed by atoms with Crippen molar-refractivity contribution in [1.29, 1.82) is 0 Å². The van der Waals surface area contributed by atoms with Gasteiger partial charge in [0.25, 0.3) is 0 Å². The van der Waals surface area contributed by atoms with Gasteiger partial charge in [-0.1, -0.05) is 270 Å². The Morgan fingerprint density at radius 1 is 0.263 bits per heavy atom. The molecule has 0 heterocycles. The zero-order valence-corrected chi connectivity index (χ0v) is 52.0. The maximum Gasteiger partial charge on any atom is 0.306 e. The van der Waals surface area contributed by atoms with Gasteiger partial charge in [0.05, 0.1) is 0 Å². The van der Waals surface area contributed by atoms with Crippen LogP contribution >= 0.6 is 0 Å². The molecule has 6 heteroatoms. The lowest BCUT2D eigenvalue weighted by Gasteiger charge is -2.18. The van der Waals surface area contributed by atoms with Gasteiger partial charge in [-0.25, -0.2) is 0 Å². The van der Waals surface area contributed by atoms with E-state index >= 15 is 0 Å². The molecule has 0 fully saturated rings. The van der Waals surface area contributed by atoms with Crippen LogP contribution in [-0.2, 0) is 28.6 Å². The molecule has 0 aromatic rings. The number of ether oxygens (including phenoxy) is 3. The molecule has 0 saturated heterocycles. The van der Waals surface area contributed by atoms with Gasteiger partial charge in [-0.05, 0) is 141 Å². The largest absolute Gasteiger partial charge is 0.462 e. The summed E-state index contributed by atoms with van der Waals surface area (Å²) in [5.41, 5.74) is 0. The van der Waals surface area contributed by atoms with Gasteiger partial charge in [-0.15, -0.1) is 0 Å². The van der Waals surface area contributed by atoms with Crippen LogP contribution in [0.5, 0.6) is 0 Å². The molecule has 0 aromatic heterocycles.